The summed E-state index contributed by atoms with van der Waals surface area (Å²) in [5.74, 6) is -1.62. The van der Waals surface area contributed by atoms with Crippen molar-refractivity contribution in [1.82, 2.24) is 9.80 Å². The molecule has 2 aliphatic rings. The second-order valence-electron chi connectivity index (χ2n) is 6.45. The van der Waals surface area contributed by atoms with Crippen LogP contribution in [-0.4, -0.2) is 64.2 Å². The molecular weight excluding hydrogens is 384 g/mol. The summed E-state index contributed by atoms with van der Waals surface area (Å²) in [4.78, 5) is 51.2. The average Bonchev–Trinajstić information content (AvgIpc) is 2.95. The number of carbonyl (C=O) groups is 4. The first-order chi connectivity index (χ1) is 13.4. The monoisotopic (exact) mass is 404 g/mol. The summed E-state index contributed by atoms with van der Waals surface area (Å²) in [7, 11) is 1.51. The van der Waals surface area contributed by atoms with Crippen molar-refractivity contribution in [1.29, 1.82) is 0 Å². The highest BCUT2D eigenvalue weighted by atomic mass is 32.2. The van der Waals surface area contributed by atoms with Gasteiger partial charge in [-0.3, -0.25) is 19.3 Å². The van der Waals surface area contributed by atoms with Gasteiger partial charge in [-0.25, -0.2) is 4.79 Å². The molecule has 2 saturated heterocycles. The average molecular weight is 404 g/mol. The number of amides is 3. The number of aliphatic carboxylic acids is 1. The third-order valence-electron chi connectivity index (χ3n) is 4.70. The molecule has 148 valence electrons. The lowest BCUT2D eigenvalue weighted by Gasteiger charge is -2.33. The Bertz CT molecular complexity index is 853. The van der Waals surface area contributed by atoms with Crippen LogP contribution in [0.1, 0.15) is 24.8 Å². The second kappa shape index (κ2) is 8.47. The van der Waals surface area contributed by atoms with Crippen LogP contribution >= 0.6 is 11.8 Å². The standard InChI is InChI=1S/C19H20N2O6S/c1-27-14-8-3-2-6-12(14)10-15-17(23)21(19(26)28-15)11-16(22)20-9-5-4-7-13(20)18(24)25/h2-3,6,8,10,13H,4-5,7,9,11H2,1H3,(H,24,25)/b15-10-/t13-/m1/s1. The smallest absolute Gasteiger partial charge is 0.326 e. The normalized spacial score (nSPS) is 21.3. The van der Waals surface area contributed by atoms with E-state index in [1.165, 1.54) is 12.0 Å². The predicted octanol–water partition coefficient (Wildman–Crippen LogP) is 2.20. The highest BCUT2D eigenvalue weighted by Gasteiger charge is 2.39. The molecule has 2 fully saturated rings. The van der Waals surface area contributed by atoms with Crippen LogP contribution in [0.3, 0.4) is 0 Å². The molecule has 1 aromatic carbocycles. The summed E-state index contributed by atoms with van der Waals surface area (Å²) in [6, 6.07) is 6.15. The highest BCUT2D eigenvalue weighted by Crippen LogP contribution is 2.34. The quantitative estimate of drug-likeness (QED) is 0.750. The van der Waals surface area contributed by atoms with Gasteiger partial charge in [0.25, 0.3) is 11.1 Å². The largest absolute Gasteiger partial charge is 0.496 e. The molecule has 1 aromatic rings. The Balaban J connectivity index is 1.76. The van der Waals surface area contributed by atoms with Gasteiger partial charge in [-0.1, -0.05) is 18.2 Å². The summed E-state index contributed by atoms with van der Waals surface area (Å²) < 4.78 is 5.24. The van der Waals surface area contributed by atoms with Gasteiger partial charge >= 0.3 is 5.97 Å². The van der Waals surface area contributed by atoms with Gasteiger partial charge in [-0.15, -0.1) is 0 Å². The summed E-state index contributed by atoms with van der Waals surface area (Å²) in [5, 5.41) is 8.76. The number of carbonyl (C=O) groups excluding carboxylic acids is 3. The van der Waals surface area contributed by atoms with E-state index in [2.05, 4.69) is 0 Å². The number of carboxylic acid groups (broad SMARTS) is 1. The van der Waals surface area contributed by atoms with Crippen molar-refractivity contribution in [3.05, 3.63) is 34.7 Å². The van der Waals surface area contributed by atoms with E-state index < -0.39 is 35.6 Å². The Kier molecular flexibility index (Phi) is 6.03. The Morgan fingerprint density at radius 3 is 2.75 bits per heavy atom. The topological polar surface area (TPSA) is 104 Å². The van der Waals surface area contributed by atoms with E-state index in [4.69, 9.17) is 4.74 Å². The van der Waals surface area contributed by atoms with E-state index in [1.54, 1.807) is 30.3 Å². The van der Waals surface area contributed by atoms with Crippen molar-refractivity contribution in [3.63, 3.8) is 0 Å². The minimum absolute atomic E-state index is 0.190. The number of ether oxygens (including phenoxy) is 1. The van der Waals surface area contributed by atoms with Crippen molar-refractivity contribution in [2.45, 2.75) is 25.3 Å². The lowest BCUT2D eigenvalue weighted by atomic mass is 10.0. The zero-order valence-corrected chi connectivity index (χ0v) is 16.1. The molecule has 9 heteroatoms. The first kappa shape index (κ1) is 19.9. The van der Waals surface area contributed by atoms with Crippen LogP contribution in [0.15, 0.2) is 29.2 Å². The molecule has 0 spiro atoms. The maximum absolute atomic E-state index is 12.6. The number of methoxy groups -OCH3 is 1. The van der Waals surface area contributed by atoms with Crippen LogP contribution in [0.4, 0.5) is 4.79 Å². The molecule has 0 radical (unpaired) electrons. The number of benzene rings is 1. The Morgan fingerprint density at radius 2 is 2.04 bits per heavy atom. The Morgan fingerprint density at radius 1 is 1.29 bits per heavy atom. The fraction of sp³-hybridized carbons (Fsp3) is 0.368. The second-order valence-corrected chi connectivity index (χ2v) is 7.44. The number of carboxylic acids is 1. The molecule has 0 aromatic heterocycles. The number of likely N-dealkylation sites (tertiary alicyclic amines) is 1. The number of hydrogen-bond donors (Lipinski definition) is 1. The lowest BCUT2D eigenvalue weighted by Crippen LogP contribution is -2.51. The number of piperidine rings is 1. The van der Waals surface area contributed by atoms with Crippen molar-refractivity contribution in [3.8, 4) is 5.75 Å². The maximum atomic E-state index is 12.6. The number of imide groups is 1. The van der Waals surface area contributed by atoms with E-state index in [9.17, 15) is 24.3 Å². The van der Waals surface area contributed by atoms with Crippen LogP contribution in [-0.2, 0) is 14.4 Å². The van der Waals surface area contributed by atoms with E-state index in [1.807, 2.05) is 0 Å². The van der Waals surface area contributed by atoms with Crippen LogP contribution in [0.5, 0.6) is 5.75 Å². The molecule has 0 bridgehead atoms. The van der Waals surface area contributed by atoms with Gasteiger partial charge in [0.1, 0.15) is 18.3 Å². The van der Waals surface area contributed by atoms with Crippen molar-refractivity contribution in [2.24, 2.45) is 0 Å². The molecule has 28 heavy (non-hydrogen) atoms. The predicted molar refractivity (Wildman–Crippen MR) is 103 cm³/mol. The van der Waals surface area contributed by atoms with E-state index in [0.717, 1.165) is 23.1 Å². The fourth-order valence-corrected chi connectivity index (χ4v) is 4.11. The summed E-state index contributed by atoms with van der Waals surface area (Å²) in [6.45, 7) is -0.152. The molecule has 8 nitrogen and oxygen atoms in total. The number of hydrogen-bond acceptors (Lipinski definition) is 6. The molecule has 3 rings (SSSR count). The van der Waals surface area contributed by atoms with E-state index >= 15 is 0 Å². The fourth-order valence-electron chi connectivity index (χ4n) is 3.28. The molecule has 1 atom stereocenters. The highest BCUT2D eigenvalue weighted by molar-refractivity contribution is 8.18. The Labute approximate surface area is 166 Å². The molecule has 0 saturated carbocycles. The van der Waals surface area contributed by atoms with Crippen molar-refractivity contribution < 1.29 is 29.0 Å². The summed E-state index contributed by atoms with van der Waals surface area (Å²) in [5.41, 5.74) is 0.642. The Hall–Kier alpha value is -2.81. The van der Waals surface area contributed by atoms with Gasteiger partial charge < -0.3 is 14.7 Å². The first-order valence-corrected chi connectivity index (χ1v) is 9.64. The van der Waals surface area contributed by atoms with Crippen LogP contribution in [0.2, 0.25) is 0 Å². The molecule has 0 aliphatic carbocycles. The van der Waals surface area contributed by atoms with Gasteiger partial charge in [-0.2, -0.15) is 0 Å². The number of nitrogens with zero attached hydrogens (tertiary/aromatic N) is 2. The van der Waals surface area contributed by atoms with Gasteiger partial charge in [-0.05, 0) is 43.2 Å². The zero-order valence-electron chi connectivity index (χ0n) is 15.3. The first-order valence-electron chi connectivity index (χ1n) is 8.83. The van der Waals surface area contributed by atoms with Crippen molar-refractivity contribution >= 4 is 40.9 Å². The van der Waals surface area contributed by atoms with Crippen LogP contribution < -0.4 is 4.74 Å². The number of rotatable bonds is 5. The molecule has 2 aliphatic heterocycles. The van der Waals surface area contributed by atoms with Gasteiger partial charge in [0.2, 0.25) is 5.91 Å². The molecule has 0 unspecified atom stereocenters. The van der Waals surface area contributed by atoms with E-state index in [0.29, 0.717) is 30.7 Å². The lowest BCUT2D eigenvalue weighted by molar-refractivity contribution is -0.152. The summed E-state index contributed by atoms with van der Waals surface area (Å²) >= 11 is 0.747. The summed E-state index contributed by atoms with van der Waals surface area (Å²) in [6.07, 6.45) is 3.35. The maximum Gasteiger partial charge on any atom is 0.326 e. The third-order valence-corrected chi connectivity index (χ3v) is 5.61. The molecule has 2 heterocycles. The number of thioether (sulfide) groups is 1. The minimum Gasteiger partial charge on any atom is -0.496 e. The zero-order chi connectivity index (χ0) is 20.3. The van der Waals surface area contributed by atoms with Gasteiger partial charge in [0.15, 0.2) is 0 Å². The minimum atomic E-state index is -1.07. The molecule has 3 amide bonds. The van der Waals surface area contributed by atoms with Crippen molar-refractivity contribution in [2.75, 3.05) is 20.2 Å². The molecule has 1 N–H and O–H groups in total. The van der Waals surface area contributed by atoms with Gasteiger partial charge in [0.05, 0.1) is 12.0 Å². The van der Waals surface area contributed by atoms with E-state index in [-0.39, 0.29) is 4.91 Å². The van der Waals surface area contributed by atoms with Crippen LogP contribution in [0, 0.1) is 0 Å². The third kappa shape index (κ3) is 4.04. The van der Waals surface area contributed by atoms with Gasteiger partial charge in [0, 0.05) is 12.1 Å². The SMILES string of the molecule is COc1ccccc1/C=C1\SC(=O)N(CC(=O)N2CCCC[C@@H]2C(=O)O)C1=O. The van der Waals surface area contributed by atoms with Crippen LogP contribution in [0.25, 0.3) is 6.08 Å². The number of para-hydroxylation sites is 1. The molecular formula is C19H20N2O6S.